The van der Waals surface area contributed by atoms with E-state index in [-0.39, 0.29) is 10.9 Å². The maximum absolute atomic E-state index is 11.4. The topological polar surface area (TPSA) is 61.4 Å². The van der Waals surface area contributed by atoms with E-state index < -0.39 is 0 Å². The first-order valence-corrected chi connectivity index (χ1v) is 6.53. The molecule has 0 saturated carbocycles. The van der Waals surface area contributed by atoms with E-state index in [2.05, 4.69) is 22.5 Å². The molecule has 5 nitrogen and oxygen atoms in total. The highest BCUT2D eigenvalue weighted by Crippen LogP contribution is 2.14. The second-order valence-electron chi connectivity index (χ2n) is 4.77. The predicted molar refractivity (Wildman–Crippen MR) is 76.4 cm³/mol. The van der Waals surface area contributed by atoms with Crippen LogP contribution in [0, 0.1) is 0 Å². The standard InChI is InChI=1S/C13H23N3O2/c1-4-5-7-14-10-11(13(18)12(10)17)15-8-6-9-16(2)3/h14-15H,4-9H2,1-3H3. The Balaban J connectivity index is 2.42. The Morgan fingerprint density at radius 1 is 0.944 bits per heavy atom. The molecule has 0 aliphatic heterocycles. The maximum atomic E-state index is 11.4. The molecule has 5 heteroatoms. The van der Waals surface area contributed by atoms with Crippen molar-refractivity contribution in [3.8, 4) is 0 Å². The Bertz CT molecular complexity index is 433. The summed E-state index contributed by atoms with van der Waals surface area (Å²) in [5.41, 5.74) is 0.160. The van der Waals surface area contributed by atoms with Gasteiger partial charge in [-0.15, -0.1) is 0 Å². The van der Waals surface area contributed by atoms with E-state index in [0.29, 0.717) is 17.9 Å². The smallest absolute Gasteiger partial charge is 0.253 e. The van der Waals surface area contributed by atoms with Crippen LogP contribution >= 0.6 is 0 Å². The highest BCUT2D eigenvalue weighted by atomic mass is 16.2. The zero-order chi connectivity index (χ0) is 13.5. The number of nitrogens with zero attached hydrogens (tertiary/aromatic N) is 1. The number of unbranched alkanes of at least 4 members (excludes halogenated alkanes) is 1. The molecule has 1 aromatic carbocycles. The lowest BCUT2D eigenvalue weighted by Crippen LogP contribution is -2.38. The van der Waals surface area contributed by atoms with Gasteiger partial charge < -0.3 is 15.5 Å². The van der Waals surface area contributed by atoms with Crippen LogP contribution < -0.4 is 21.5 Å². The largest absolute Gasteiger partial charge is 0.380 e. The van der Waals surface area contributed by atoms with Gasteiger partial charge in [-0.2, -0.15) is 0 Å². The zero-order valence-electron chi connectivity index (χ0n) is 11.5. The second-order valence-corrected chi connectivity index (χ2v) is 4.77. The van der Waals surface area contributed by atoms with Crippen LogP contribution in [-0.2, 0) is 0 Å². The Morgan fingerprint density at radius 2 is 1.44 bits per heavy atom. The molecular formula is C13H23N3O2. The van der Waals surface area contributed by atoms with Crippen molar-refractivity contribution in [1.82, 2.24) is 4.90 Å². The zero-order valence-corrected chi connectivity index (χ0v) is 11.5. The summed E-state index contributed by atoms with van der Waals surface area (Å²) in [5.74, 6) is 0. The molecule has 0 spiro atoms. The van der Waals surface area contributed by atoms with Crippen molar-refractivity contribution in [2.75, 3.05) is 44.4 Å². The van der Waals surface area contributed by atoms with Crippen LogP contribution in [-0.4, -0.2) is 38.6 Å². The van der Waals surface area contributed by atoms with Crippen LogP contribution in [0.3, 0.4) is 0 Å². The number of anilines is 2. The molecule has 1 aromatic rings. The van der Waals surface area contributed by atoms with E-state index in [0.717, 1.165) is 32.4 Å². The molecule has 1 rings (SSSR count). The van der Waals surface area contributed by atoms with E-state index in [9.17, 15) is 9.59 Å². The summed E-state index contributed by atoms with van der Waals surface area (Å²) < 4.78 is 0. The summed E-state index contributed by atoms with van der Waals surface area (Å²) >= 11 is 0. The van der Waals surface area contributed by atoms with Crippen LogP contribution in [0.25, 0.3) is 0 Å². The first-order valence-electron chi connectivity index (χ1n) is 6.53. The minimum absolute atomic E-state index is 0.388. The maximum Gasteiger partial charge on any atom is 0.253 e. The van der Waals surface area contributed by atoms with Crippen LogP contribution in [0.4, 0.5) is 11.4 Å². The molecule has 18 heavy (non-hydrogen) atoms. The molecule has 0 bridgehead atoms. The van der Waals surface area contributed by atoms with Gasteiger partial charge in [-0.3, -0.25) is 9.59 Å². The van der Waals surface area contributed by atoms with Gasteiger partial charge in [-0.1, -0.05) is 13.3 Å². The van der Waals surface area contributed by atoms with Gasteiger partial charge >= 0.3 is 0 Å². The molecule has 0 aliphatic carbocycles. The lowest BCUT2D eigenvalue weighted by molar-refractivity contribution is 0.405. The highest BCUT2D eigenvalue weighted by molar-refractivity contribution is 5.73. The average Bonchev–Trinajstić information content (AvgIpc) is 2.35. The van der Waals surface area contributed by atoms with Crippen LogP contribution in [0.5, 0.6) is 0 Å². The van der Waals surface area contributed by atoms with E-state index in [1.54, 1.807) is 0 Å². The summed E-state index contributed by atoms with van der Waals surface area (Å²) in [6.07, 6.45) is 3.01. The SMILES string of the molecule is CCCCNc1c(NCCCN(C)C)c(=O)c1=O. The Morgan fingerprint density at radius 3 is 1.89 bits per heavy atom. The third kappa shape index (κ3) is 3.84. The summed E-state index contributed by atoms with van der Waals surface area (Å²) in [6, 6.07) is 0. The van der Waals surface area contributed by atoms with Crippen molar-refractivity contribution in [1.29, 1.82) is 0 Å². The summed E-state index contributed by atoms with van der Waals surface area (Å²) in [5, 5.41) is 6.09. The molecule has 0 amide bonds. The van der Waals surface area contributed by atoms with Crippen molar-refractivity contribution in [3.63, 3.8) is 0 Å². The van der Waals surface area contributed by atoms with Gasteiger partial charge in [-0.05, 0) is 33.5 Å². The molecule has 102 valence electrons. The number of hydrogen-bond donors (Lipinski definition) is 2. The lowest BCUT2D eigenvalue weighted by atomic mass is 10.2. The molecule has 0 aromatic heterocycles. The third-order valence-electron chi connectivity index (χ3n) is 2.83. The molecule has 0 saturated heterocycles. The van der Waals surface area contributed by atoms with E-state index >= 15 is 0 Å². The van der Waals surface area contributed by atoms with Crippen molar-refractivity contribution < 1.29 is 0 Å². The first kappa shape index (κ1) is 14.7. The molecule has 0 aliphatic rings. The monoisotopic (exact) mass is 253 g/mol. The van der Waals surface area contributed by atoms with Gasteiger partial charge in [0.25, 0.3) is 10.9 Å². The molecule has 0 fully saturated rings. The summed E-state index contributed by atoms with van der Waals surface area (Å²) in [6.45, 7) is 4.50. The third-order valence-corrected chi connectivity index (χ3v) is 2.83. The van der Waals surface area contributed by atoms with E-state index in [4.69, 9.17) is 0 Å². The van der Waals surface area contributed by atoms with Crippen LogP contribution in [0.1, 0.15) is 26.2 Å². The quantitative estimate of drug-likeness (QED) is 0.505. The second kappa shape index (κ2) is 7.16. The lowest BCUT2D eigenvalue weighted by Gasteiger charge is -2.15. The minimum atomic E-state index is -0.390. The summed E-state index contributed by atoms with van der Waals surface area (Å²) in [7, 11) is 4.02. The van der Waals surface area contributed by atoms with Gasteiger partial charge in [0, 0.05) is 13.1 Å². The highest BCUT2D eigenvalue weighted by Gasteiger charge is 2.19. The van der Waals surface area contributed by atoms with Crippen LogP contribution in [0.15, 0.2) is 9.59 Å². The van der Waals surface area contributed by atoms with Gasteiger partial charge in [0.15, 0.2) is 0 Å². The number of rotatable bonds is 9. The van der Waals surface area contributed by atoms with Gasteiger partial charge in [0.05, 0.1) is 0 Å². The number of nitrogens with one attached hydrogen (secondary N) is 2. The Hall–Kier alpha value is -1.36. The van der Waals surface area contributed by atoms with E-state index in [1.807, 2.05) is 14.1 Å². The van der Waals surface area contributed by atoms with Gasteiger partial charge in [0.1, 0.15) is 11.4 Å². The van der Waals surface area contributed by atoms with Crippen molar-refractivity contribution in [3.05, 3.63) is 20.4 Å². The molecule has 0 unspecified atom stereocenters. The molecule has 0 heterocycles. The Kier molecular flexibility index (Phi) is 5.85. The molecule has 0 atom stereocenters. The predicted octanol–water partition coefficient (Wildman–Crippen LogP) is 0.858. The Labute approximate surface area is 108 Å². The molecule has 2 N–H and O–H groups in total. The fourth-order valence-electron chi connectivity index (χ4n) is 1.73. The molecular weight excluding hydrogens is 230 g/mol. The minimum Gasteiger partial charge on any atom is -0.380 e. The van der Waals surface area contributed by atoms with Crippen LogP contribution in [0.2, 0.25) is 0 Å². The van der Waals surface area contributed by atoms with Gasteiger partial charge in [0.2, 0.25) is 0 Å². The van der Waals surface area contributed by atoms with E-state index in [1.165, 1.54) is 0 Å². The summed E-state index contributed by atoms with van der Waals surface area (Å²) in [4.78, 5) is 24.9. The van der Waals surface area contributed by atoms with Crippen molar-refractivity contribution in [2.45, 2.75) is 26.2 Å². The fourth-order valence-corrected chi connectivity index (χ4v) is 1.73. The fraction of sp³-hybridized carbons (Fsp3) is 0.692. The van der Waals surface area contributed by atoms with Gasteiger partial charge in [-0.25, -0.2) is 0 Å². The number of hydrogen-bond acceptors (Lipinski definition) is 5. The normalized spacial score (nSPS) is 11.1. The average molecular weight is 253 g/mol. The van der Waals surface area contributed by atoms with Crippen molar-refractivity contribution in [2.24, 2.45) is 0 Å². The molecule has 0 radical (unpaired) electrons. The first-order chi connectivity index (χ1) is 8.57. The van der Waals surface area contributed by atoms with Crippen molar-refractivity contribution >= 4 is 11.4 Å².